The number of hydrogen-bond acceptors (Lipinski definition) is 2. The molecule has 0 radical (unpaired) electrons. The smallest absolute Gasteiger partial charge is 0.118 e. The van der Waals surface area contributed by atoms with E-state index in [-0.39, 0.29) is 0 Å². The predicted octanol–water partition coefficient (Wildman–Crippen LogP) is 5.47. The van der Waals surface area contributed by atoms with Crippen molar-refractivity contribution in [1.82, 2.24) is 0 Å². The van der Waals surface area contributed by atoms with E-state index in [0.29, 0.717) is 5.92 Å². The molecule has 2 aromatic rings. The van der Waals surface area contributed by atoms with Crippen molar-refractivity contribution in [1.29, 1.82) is 0 Å². The largest absolute Gasteiger partial charge is 0.497 e. The molecule has 0 unspecified atom stereocenters. The molecule has 19 heavy (non-hydrogen) atoms. The summed E-state index contributed by atoms with van der Waals surface area (Å²) in [6.45, 7) is 2.26. The Labute approximate surface area is 120 Å². The SMILES string of the molecule is CCCCC[C@@H](c1ccc(OC)cc1)c1ccsc1. The lowest BCUT2D eigenvalue weighted by Gasteiger charge is -2.16. The maximum atomic E-state index is 5.24. The van der Waals surface area contributed by atoms with Gasteiger partial charge in [0.15, 0.2) is 0 Å². The topological polar surface area (TPSA) is 9.23 Å². The molecule has 1 aromatic heterocycles. The fourth-order valence-corrected chi connectivity index (χ4v) is 3.15. The van der Waals surface area contributed by atoms with Gasteiger partial charge in [-0.25, -0.2) is 0 Å². The molecule has 0 saturated heterocycles. The second-order valence-corrected chi connectivity index (χ2v) is 5.66. The van der Waals surface area contributed by atoms with Gasteiger partial charge >= 0.3 is 0 Å². The highest BCUT2D eigenvalue weighted by atomic mass is 32.1. The minimum Gasteiger partial charge on any atom is -0.497 e. The van der Waals surface area contributed by atoms with E-state index in [1.165, 1.54) is 36.8 Å². The minimum atomic E-state index is 0.531. The van der Waals surface area contributed by atoms with Crippen molar-refractivity contribution in [2.24, 2.45) is 0 Å². The first-order valence-electron chi connectivity index (χ1n) is 7.01. The fourth-order valence-electron chi connectivity index (χ4n) is 2.43. The Morgan fingerprint density at radius 2 is 1.84 bits per heavy atom. The van der Waals surface area contributed by atoms with E-state index < -0.39 is 0 Å². The summed E-state index contributed by atoms with van der Waals surface area (Å²) in [5.74, 6) is 1.46. The molecule has 0 aliphatic carbocycles. The van der Waals surface area contributed by atoms with Gasteiger partial charge in [0.25, 0.3) is 0 Å². The fraction of sp³-hybridized carbons (Fsp3) is 0.412. The molecular formula is C17H22OS. The number of benzene rings is 1. The van der Waals surface area contributed by atoms with Crippen LogP contribution in [0.3, 0.4) is 0 Å². The summed E-state index contributed by atoms with van der Waals surface area (Å²) in [6, 6.07) is 10.8. The van der Waals surface area contributed by atoms with Crippen molar-refractivity contribution in [2.75, 3.05) is 7.11 Å². The molecule has 0 amide bonds. The van der Waals surface area contributed by atoms with Crippen LogP contribution in [0.5, 0.6) is 5.75 Å². The van der Waals surface area contributed by atoms with Crippen molar-refractivity contribution in [3.8, 4) is 5.75 Å². The highest BCUT2D eigenvalue weighted by Gasteiger charge is 2.14. The van der Waals surface area contributed by atoms with Crippen LogP contribution in [0, 0.1) is 0 Å². The Morgan fingerprint density at radius 3 is 2.42 bits per heavy atom. The maximum Gasteiger partial charge on any atom is 0.118 e. The van der Waals surface area contributed by atoms with Crippen LogP contribution in [0.15, 0.2) is 41.1 Å². The van der Waals surface area contributed by atoms with Crippen molar-refractivity contribution in [2.45, 2.75) is 38.5 Å². The lowest BCUT2D eigenvalue weighted by molar-refractivity contribution is 0.414. The zero-order valence-corrected chi connectivity index (χ0v) is 12.6. The van der Waals surface area contributed by atoms with E-state index in [2.05, 4.69) is 48.0 Å². The van der Waals surface area contributed by atoms with Crippen LogP contribution in [0.4, 0.5) is 0 Å². The van der Waals surface area contributed by atoms with E-state index in [4.69, 9.17) is 4.74 Å². The van der Waals surface area contributed by atoms with Gasteiger partial charge in [-0.1, -0.05) is 38.3 Å². The first-order valence-corrected chi connectivity index (χ1v) is 7.95. The van der Waals surface area contributed by atoms with Crippen LogP contribution < -0.4 is 4.74 Å². The highest BCUT2D eigenvalue weighted by molar-refractivity contribution is 7.08. The molecule has 0 fully saturated rings. The quantitative estimate of drug-likeness (QED) is 0.608. The summed E-state index contributed by atoms with van der Waals surface area (Å²) >= 11 is 1.78. The number of ether oxygens (including phenoxy) is 1. The van der Waals surface area contributed by atoms with Crippen LogP contribution in [0.25, 0.3) is 0 Å². The number of methoxy groups -OCH3 is 1. The highest BCUT2D eigenvalue weighted by Crippen LogP contribution is 2.32. The molecule has 0 N–H and O–H groups in total. The van der Waals surface area contributed by atoms with E-state index in [0.717, 1.165) is 5.75 Å². The molecule has 0 aliphatic rings. The molecule has 0 saturated carbocycles. The van der Waals surface area contributed by atoms with E-state index in [1.54, 1.807) is 18.4 Å². The summed E-state index contributed by atoms with van der Waals surface area (Å²) in [5.41, 5.74) is 2.85. The Hall–Kier alpha value is -1.28. The Morgan fingerprint density at radius 1 is 1.05 bits per heavy atom. The molecule has 0 bridgehead atoms. The van der Waals surface area contributed by atoms with Gasteiger partial charge < -0.3 is 4.74 Å². The number of thiophene rings is 1. The van der Waals surface area contributed by atoms with Gasteiger partial charge in [-0.3, -0.25) is 0 Å². The zero-order chi connectivity index (χ0) is 13.5. The summed E-state index contributed by atoms with van der Waals surface area (Å²) in [6.07, 6.45) is 5.12. The molecule has 1 nitrogen and oxygen atoms in total. The molecule has 1 aromatic carbocycles. The lowest BCUT2D eigenvalue weighted by atomic mass is 9.88. The summed E-state index contributed by atoms with van der Waals surface area (Å²) < 4.78 is 5.24. The third-order valence-corrected chi connectivity index (χ3v) is 4.26. The van der Waals surface area contributed by atoms with E-state index in [9.17, 15) is 0 Å². The monoisotopic (exact) mass is 274 g/mol. The van der Waals surface area contributed by atoms with Crippen molar-refractivity contribution in [3.63, 3.8) is 0 Å². The maximum absolute atomic E-state index is 5.24. The average molecular weight is 274 g/mol. The third-order valence-electron chi connectivity index (χ3n) is 3.56. The molecular weight excluding hydrogens is 252 g/mol. The Kier molecular flexibility index (Phi) is 5.46. The third kappa shape index (κ3) is 3.84. The molecule has 102 valence electrons. The summed E-state index contributed by atoms with van der Waals surface area (Å²) in [7, 11) is 1.71. The van der Waals surface area contributed by atoms with Crippen LogP contribution in [0.2, 0.25) is 0 Å². The lowest BCUT2D eigenvalue weighted by Crippen LogP contribution is -2.00. The summed E-state index contributed by atoms with van der Waals surface area (Å²) in [5, 5.41) is 4.45. The summed E-state index contributed by atoms with van der Waals surface area (Å²) in [4.78, 5) is 0. The van der Waals surface area contributed by atoms with Crippen molar-refractivity contribution in [3.05, 3.63) is 52.2 Å². The molecule has 0 aliphatic heterocycles. The molecule has 1 atom stereocenters. The average Bonchev–Trinajstić information content (AvgIpc) is 2.98. The normalized spacial score (nSPS) is 12.3. The van der Waals surface area contributed by atoms with Gasteiger partial charge in [0, 0.05) is 5.92 Å². The van der Waals surface area contributed by atoms with E-state index in [1.807, 2.05) is 0 Å². The first kappa shape index (κ1) is 14.1. The van der Waals surface area contributed by atoms with Gasteiger partial charge in [-0.2, -0.15) is 11.3 Å². The van der Waals surface area contributed by atoms with Crippen LogP contribution in [-0.2, 0) is 0 Å². The number of rotatable bonds is 7. The second kappa shape index (κ2) is 7.34. The van der Waals surface area contributed by atoms with Crippen molar-refractivity contribution >= 4 is 11.3 Å². The van der Waals surface area contributed by atoms with Crippen LogP contribution in [-0.4, -0.2) is 7.11 Å². The van der Waals surface area contributed by atoms with Crippen LogP contribution in [0.1, 0.15) is 49.7 Å². The molecule has 1 heterocycles. The number of unbranched alkanes of at least 4 members (excludes halogenated alkanes) is 2. The first-order chi connectivity index (χ1) is 9.35. The minimum absolute atomic E-state index is 0.531. The van der Waals surface area contributed by atoms with Crippen molar-refractivity contribution < 1.29 is 4.74 Å². The van der Waals surface area contributed by atoms with Gasteiger partial charge in [0.1, 0.15) is 5.75 Å². The van der Waals surface area contributed by atoms with Gasteiger partial charge in [0.05, 0.1) is 7.11 Å². The van der Waals surface area contributed by atoms with Gasteiger partial charge in [-0.15, -0.1) is 0 Å². The molecule has 2 rings (SSSR count). The number of hydrogen-bond donors (Lipinski definition) is 0. The Balaban J connectivity index is 2.15. The van der Waals surface area contributed by atoms with Gasteiger partial charge in [-0.05, 0) is 46.5 Å². The Bertz CT molecular complexity index is 459. The van der Waals surface area contributed by atoms with Gasteiger partial charge in [0.2, 0.25) is 0 Å². The van der Waals surface area contributed by atoms with E-state index >= 15 is 0 Å². The second-order valence-electron chi connectivity index (χ2n) is 4.88. The standard InChI is InChI=1S/C17H22OS/c1-3-4-5-6-17(15-11-12-19-13-15)14-7-9-16(18-2)10-8-14/h7-13,17H,3-6H2,1-2H3/t17-/m0/s1. The molecule has 2 heteroatoms. The predicted molar refractivity (Wildman–Crippen MR) is 83.3 cm³/mol. The molecule has 0 spiro atoms. The van der Waals surface area contributed by atoms with Crippen LogP contribution >= 0.6 is 11.3 Å². The zero-order valence-electron chi connectivity index (χ0n) is 11.8.